The van der Waals surface area contributed by atoms with Crippen LogP contribution in [0.5, 0.6) is 0 Å². The lowest BCUT2D eigenvalue weighted by atomic mass is 10.1. The first-order valence-corrected chi connectivity index (χ1v) is 7.91. The molecular weight excluding hydrogens is 270 g/mol. The van der Waals surface area contributed by atoms with E-state index in [4.69, 9.17) is 0 Å². The molecule has 116 valence electrons. The summed E-state index contributed by atoms with van der Waals surface area (Å²) in [5.41, 5.74) is 0. The van der Waals surface area contributed by atoms with E-state index in [1.54, 1.807) is 7.05 Å². The predicted octanol–water partition coefficient (Wildman–Crippen LogP) is 0.0781. The zero-order chi connectivity index (χ0) is 15.0. The summed E-state index contributed by atoms with van der Waals surface area (Å²) in [6.07, 6.45) is 4.67. The minimum Gasteiger partial charge on any atom is -0.340 e. The summed E-state index contributed by atoms with van der Waals surface area (Å²) in [5.74, 6) is 0.306. The van der Waals surface area contributed by atoms with Gasteiger partial charge < -0.3 is 4.90 Å². The molecule has 1 aliphatic carbocycles. The van der Waals surface area contributed by atoms with Crippen LogP contribution in [0.25, 0.3) is 0 Å². The minimum absolute atomic E-state index is 0.101. The Hall–Kier alpha value is -1.43. The molecule has 2 heterocycles. The normalized spacial score (nSPS) is 28.7. The van der Waals surface area contributed by atoms with Gasteiger partial charge in [-0.15, -0.1) is 0 Å². The number of piperazine rings is 1. The van der Waals surface area contributed by atoms with Gasteiger partial charge in [0.25, 0.3) is 0 Å². The number of nitrogens with zero attached hydrogens (tertiary/aromatic N) is 3. The van der Waals surface area contributed by atoms with Crippen LogP contribution in [0, 0.1) is 5.92 Å². The molecule has 1 saturated carbocycles. The van der Waals surface area contributed by atoms with Crippen molar-refractivity contribution in [1.82, 2.24) is 14.7 Å². The van der Waals surface area contributed by atoms with E-state index in [9.17, 15) is 14.4 Å². The summed E-state index contributed by atoms with van der Waals surface area (Å²) in [6, 6.07) is -0.314. The standard InChI is InChI=1S/C15H23N3O3/c1-16-13(19)10-12(15(16)21)17-6-8-18(9-7-17)14(20)11-4-2-3-5-11/h11-12H,2-10H2,1H3. The Balaban J connectivity index is 1.54. The maximum Gasteiger partial charge on any atom is 0.246 e. The summed E-state index contributed by atoms with van der Waals surface area (Å²) in [6.45, 7) is 2.74. The molecule has 0 radical (unpaired) electrons. The summed E-state index contributed by atoms with van der Waals surface area (Å²) in [4.78, 5) is 41.2. The fourth-order valence-electron chi connectivity index (χ4n) is 3.71. The third kappa shape index (κ3) is 2.69. The first-order chi connectivity index (χ1) is 10.1. The monoisotopic (exact) mass is 293 g/mol. The Morgan fingerprint density at radius 3 is 2.19 bits per heavy atom. The van der Waals surface area contributed by atoms with Crippen LogP contribution in [-0.4, -0.2) is 71.7 Å². The van der Waals surface area contributed by atoms with E-state index in [1.807, 2.05) is 4.90 Å². The third-order valence-corrected chi connectivity index (χ3v) is 5.13. The largest absolute Gasteiger partial charge is 0.340 e. The van der Waals surface area contributed by atoms with E-state index in [0.717, 1.165) is 12.8 Å². The Bertz CT molecular complexity index is 451. The fraction of sp³-hybridized carbons (Fsp3) is 0.800. The summed E-state index contributed by atoms with van der Waals surface area (Å²) in [5, 5.41) is 0. The van der Waals surface area contributed by atoms with Gasteiger partial charge in [0.1, 0.15) is 0 Å². The van der Waals surface area contributed by atoms with Gasteiger partial charge in [-0.05, 0) is 12.8 Å². The molecule has 2 saturated heterocycles. The number of likely N-dealkylation sites (tertiary alicyclic amines) is 1. The second kappa shape index (κ2) is 5.75. The van der Waals surface area contributed by atoms with E-state index in [2.05, 4.69) is 4.90 Å². The van der Waals surface area contributed by atoms with E-state index in [-0.39, 0.29) is 36.1 Å². The zero-order valence-corrected chi connectivity index (χ0v) is 12.6. The molecule has 0 N–H and O–H groups in total. The van der Waals surface area contributed by atoms with Gasteiger partial charge in [-0.25, -0.2) is 0 Å². The fourth-order valence-corrected chi connectivity index (χ4v) is 3.71. The van der Waals surface area contributed by atoms with Gasteiger partial charge in [-0.3, -0.25) is 24.2 Å². The molecule has 6 nitrogen and oxygen atoms in total. The molecule has 0 spiro atoms. The molecule has 0 aromatic rings. The Morgan fingerprint density at radius 1 is 1.05 bits per heavy atom. The van der Waals surface area contributed by atoms with Crippen LogP contribution in [0.4, 0.5) is 0 Å². The van der Waals surface area contributed by atoms with Crippen molar-refractivity contribution < 1.29 is 14.4 Å². The molecule has 0 aromatic heterocycles. The second-order valence-electron chi connectivity index (χ2n) is 6.35. The highest BCUT2D eigenvalue weighted by molar-refractivity contribution is 6.05. The second-order valence-corrected chi connectivity index (χ2v) is 6.35. The Labute approximate surface area is 125 Å². The van der Waals surface area contributed by atoms with Crippen LogP contribution in [-0.2, 0) is 14.4 Å². The maximum atomic E-state index is 12.4. The smallest absolute Gasteiger partial charge is 0.246 e. The highest BCUT2D eigenvalue weighted by Gasteiger charge is 2.41. The van der Waals surface area contributed by atoms with Crippen LogP contribution < -0.4 is 0 Å². The number of likely N-dealkylation sites (N-methyl/N-ethyl adjacent to an activating group) is 1. The average molecular weight is 293 g/mol. The highest BCUT2D eigenvalue weighted by atomic mass is 16.2. The van der Waals surface area contributed by atoms with Gasteiger partial charge in [-0.2, -0.15) is 0 Å². The number of rotatable bonds is 2. The van der Waals surface area contributed by atoms with Gasteiger partial charge in [0.05, 0.1) is 12.5 Å². The number of hydrogen-bond acceptors (Lipinski definition) is 4. The van der Waals surface area contributed by atoms with E-state index < -0.39 is 0 Å². The molecule has 1 unspecified atom stereocenters. The number of hydrogen-bond donors (Lipinski definition) is 0. The van der Waals surface area contributed by atoms with Crippen LogP contribution >= 0.6 is 0 Å². The molecule has 3 amide bonds. The van der Waals surface area contributed by atoms with Crippen LogP contribution in [0.3, 0.4) is 0 Å². The van der Waals surface area contributed by atoms with Crippen LogP contribution in [0.2, 0.25) is 0 Å². The number of amides is 3. The van der Waals surface area contributed by atoms with Gasteiger partial charge >= 0.3 is 0 Å². The summed E-state index contributed by atoms with van der Waals surface area (Å²) in [7, 11) is 1.55. The SMILES string of the molecule is CN1C(=O)CC(N2CCN(C(=O)C3CCCC3)CC2)C1=O. The van der Waals surface area contributed by atoms with Crippen molar-refractivity contribution >= 4 is 17.7 Å². The molecule has 6 heteroatoms. The molecular formula is C15H23N3O3. The van der Waals surface area contributed by atoms with Gasteiger partial charge in [-0.1, -0.05) is 12.8 Å². The zero-order valence-electron chi connectivity index (χ0n) is 12.6. The molecule has 21 heavy (non-hydrogen) atoms. The van der Waals surface area contributed by atoms with E-state index in [0.29, 0.717) is 26.2 Å². The molecule has 0 bridgehead atoms. The molecule has 0 aromatic carbocycles. The average Bonchev–Trinajstić information content (AvgIpc) is 3.12. The van der Waals surface area contributed by atoms with E-state index in [1.165, 1.54) is 17.7 Å². The Morgan fingerprint density at radius 2 is 1.67 bits per heavy atom. The van der Waals surface area contributed by atoms with Crippen molar-refractivity contribution in [3.05, 3.63) is 0 Å². The maximum absolute atomic E-state index is 12.4. The number of carbonyl (C=O) groups excluding carboxylic acids is 3. The number of carbonyl (C=O) groups is 3. The van der Waals surface area contributed by atoms with Crippen molar-refractivity contribution in [3.63, 3.8) is 0 Å². The van der Waals surface area contributed by atoms with Crippen molar-refractivity contribution in [2.45, 2.75) is 38.1 Å². The topological polar surface area (TPSA) is 60.9 Å². The lowest BCUT2D eigenvalue weighted by Gasteiger charge is -2.37. The molecule has 3 fully saturated rings. The minimum atomic E-state index is -0.314. The van der Waals surface area contributed by atoms with E-state index >= 15 is 0 Å². The molecule has 1 atom stereocenters. The number of imide groups is 1. The van der Waals surface area contributed by atoms with Crippen molar-refractivity contribution in [3.8, 4) is 0 Å². The summed E-state index contributed by atoms with van der Waals surface area (Å²) >= 11 is 0. The van der Waals surface area contributed by atoms with Crippen molar-refractivity contribution in [1.29, 1.82) is 0 Å². The molecule has 3 rings (SSSR count). The van der Waals surface area contributed by atoms with Gasteiger partial charge in [0, 0.05) is 39.1 Å². The highest BCUT2D eigenvalue weighted by Crippen LogP contribution is 2.27. The van der Waals surface area contributed by atoms with Crippen molar-refractivity contribution in [2.24, 2.45) is 5.92 Å². The van der Waals surface area contributed by atoms with Gasteiger partial charge in [0.15, 0.2) is 0 Å². The quantitative estimate of drug-likeness (QED) is 0.676. The lowest BCUT2D eigenvalue weighted by molar-refractivity contribution is -0.139. The molecule has 2 aliphatic heterocycles. The van der Waals surface area contributed by atoms with Crippen LogP contribution in [0.1, 0.15) is 32.1 Å². The van der Waals surface area contributed by atoms with Gasteiger partial charge in [0.2, 0.25) is 17.7 Å². The summed E-state index contributed by atoms with van der Waals surface area (Å²) < 4.78 is 0. The Kier molecular flexibility index (Phi) is 3.97. The lowest BCUT2D eigenvalue weighted by Crippen LogP contribution is -2.54. The third-order valence-electron chi connectivity index (χ3n) is 5.13. The molecule has 3 aliphatic rings. The predicted molar refractivity (Wildman–Crippen MR) is 76.3 cm³/mol. The van der Waals surface area contributed by atoms with Crippen LogP contribution in [0.15, 0.2) is 0 Å². The van der Waals surface area contributed by atoms with Crippen molar-refractivity contribution in [2.75, 3.05) is 33.2 Å². The first-order valence-electron chi connectivity index (χ1n) is 7.91. The first kappa shape index (κ1) is 14.5.